The van der Waals surface area contributed by atoms with Crippen LogP contribution in [0.4, 0.5) is 0 Å². The lowest BCUT2D eigenvalue weighted by molar-refractivity contribution is 0.292. The van der Waals surface area contributed by atoms with Gasteiger partial charge in [0.05, 0.1) is 16.9 Å². The first-order valence-corrected chi connectivity index (χ1v) is 12.1. The molecule has 0 aliphatic carbocycles. The molecule has 0 atom stereocenters. The number of nitrogens with zero attached hydrogens (tertiary/aromatic N) is 1. The van der Waals surface area contributed by atoms with Crippen molar-refractivity contribution >= 4 is 27.2 Å². The first-order valence-electron chi connectivity index (χ1n) is 6.52. The maximum atomic E-state index is 10.9. The largest absolute Gasteiger partial charge is 0.416 e. The molecule has 1 heterocycles. The van der Waals surface area contributed by atoms with E-state index in [4.69, 9.17) is 14.2 Å². The predicted octanol–water partition coefficient (Wildman–Crippen LogP) is 3.39. The maximum Gasteiger partial charge on any atom is 0.331 e. The maximum absolute atomic E-state index is 10.9. The van der Waals surface area contributed by atoms with Gasteiger partial charge in [-0.2, -0.15) is 0 Å². The van der Waals surface area contributed by atoms with Crippen LogP contribution in [0.2, 0.25) is 18.1 Å². The van der Waals surface area contributed by atoms with E-state index in [0.717, 1.165) is 5.01 Å². The van der Waals surface area contributed by atoms with E-state index in [2.05, 4.69) is 38.8 Å². The minimum atomic E-state index is -4.03. The highest BCUT2D eigenvalue weighted by Crippen LogP contribution is 2.39. The molecule has 0 fully saturated rings. The predicted molar refractivity (Wildman–Crippen MR) is 84.7 cm³/mol. The number of hydrogen-bond donors (Lipinski definition) is 2. The van der Waals surface area contributed by atoms with Crippen LogP contribution in [0.3, 0.4) is 0 Å². The van der Waals surface area contributed by atoms with Crippen molar-refractivity contribution in [3.05, 3.63) is 16.1 Å². The third-order valence-electron chi connectivity index (χ3n) is 3.55. The minimum Gasteiger partial charge on any atom is -0.416 e. The normalized spacial score (nSPS) is 13.8. The second-order valence-corrected chi connectivity index (χ2v) is 13.8. The molecule has 0 saturated heterocycles. The van der Waals surface area contributed by atoms with E-state index in [-0.39, 0.29) is 11.2 Å². The Kier molecular flexibility index (Phi) is 5.74. The fourth-order valence-corrected chi connectivity index (χ4v) is 3.89. The lowest BCUT2D eigenvalue weighted by atomic mass is 10.2. The number of hydrogen-bond acceptors (Lipinski definition) is 4. The summed E-state index contributed by atoms with van der Waals surface area (Å²) < 4.78 is 17.0. The third-order valence-corrected chi connectivity index (χ3v) is 9.78. The lowest BCUT2D eigenvalue weighted by Crippen LogP contribution is -2.41. The van der Waals surface area contributed by atoms with Gasteiger partial charge >= 0.3 is 7.60 Å². The number of aromatic nitrogens is 1. The Morgan fingerprint density at radius 3 is 2.50 bits per heavy atom. The van der Waals surface area contributed by atoms with Crippen molar-refractivity contribution in [2.24, 2.45) is 0 Å². The molecule has 0 saturated carbocycles. The standard InChI is InChI=1S/C12H24NO4PSSi/c1-12(2,3)20(4,5)17-7-6-11-13-10(9-19-11)8-18(14,15)16/h9H,6-8H2,1-5H3,(H2,14,15,16). The highest BCUT2D eigenvalue weighted by atomic mass is 32.1. The summed E-state index contributed by atoms with van der Waals surface area (Å²) in [5.74, 6) is 0. The van der Waals surface area contributed by atoms with Crippen LogP contribution in [0.1, 0.15) is 31.5 Å². The van der Waals surface area contributed by atoms with Crippen LogP contribution >= 0.6 is 18.9 Å². The zero-order valence-electron chi connectivity index (χ0n) is 12.7. The van der Waals surface area contributed by atoms with Crippen molar-refractivity contribution in [1.29, 1.82) is 0 Å². The second-order valence-electron chi connectivity index (χ2n) is 6.41. The molecule has 0 radical (unpaired) electrons. The molecule has 0 aliphatic rings. The first kappa shape index (κ1) is 18.0. The van der Waals surface area contributed by atoms with Gasteiger partial charge in [0.2, 0.25) is 0 Å². The summed E-state index contributed by atoms with van der Waals surface area (Å²) in [6.07, 6.45) is 0.408. The Labute approximate surface area is 125 Å². The van der Waals surface area contributed by atoms with Gasteiger partial charge in [-0.25, -0.2) is 4.98 Å². The SMILES string of the molecule is CC(C)(C)[Si](C)(C)OCCc1nc(CP(=O)(O)O)cs1. The molecule has 5 nitrogen and oxygen atoms in total. The summed E-state index contributed by atoms with van der Waals surface area (Å²) >= 11 is 1.43. The highest BCUT2D eigenvalue weighted by molar-refractivity contribution is 7.50. The molecule has 116 valence electrons. The Balaban J connectivity index is 2.50. The Hall–Kier alpha value is -0.0431. The van der Waals surface area contributed by atoms with Crippen LogP contribution in [0, 0.1) is 0 Å². The molecule has 0 amide bonds. The highest BCUT2D eigenvalue weighted by Gasteiger charge is 2.36. The van der Waals surface area contributed by atoms with Crippen LogP contribution in [0.5, 0.6) is 0 Å². The zero-order valence-corrected chi connectivity index (χ0v) is 15.4. The fourth-order valence-electron chi connectivity index (χ4n) is 1.36. The monoisotopic (exact) mass is 337 g/mol. The van der Waals surface area contributed by atoms with Gasteiger partial charge in [-0.15, -0.1) is 11.3 Å². The van der Waals surface area contributed by atoms with Gasteiger partial charge < -0.3 is 14.2 Å². The fraction of sp³-hybridized carbons (Fsp3) is 0.750. The van der Waals surface area contributed by atoms with Gasteiger partial charge in [-0.3, -0.25) is 4.57 Å². The number of thiazole rings is 1. The minimum absolute atomic E-state index is 0.182. The van der Waals surface area contributed by atoms with Crippen molar-refractivity contribution in [3.8, 4) is 0 Å². The summed E-state index contributed by atoms with van der Waals surface area (Å²) in [4.78, 5) is 22.1. The molecule has 20 heavy (non-hydrogen) atoms. The van der Waals surface area contributed by atoms with E-state index in [9.17, 15) is 4.57 Å². The van der Waals surface area contributed by atoms with Gasteiger partial charge in [-0.05, 0) is 18.1 Å². The average Bonchev–Trinajstić information content (AvgIpc) is 2.60. The van der Waals surface area contributed by atoms with Crippen LogP contribution < -0.4 is 0 Å². The molecule has 1 aromatic heterocycles. The molecule has 8 heteroatoms. The van der Waals surface area contributed by atoms with Gasteiger partial charge in [0.25, 0.3) is 0 Å². The first-order chi connectivity index (χ1) is 8.91. The second kappa shape index (κ2) is 6.38. The van der Waals surface area contributed by atoms with Gasteiger partial charge in [0, 0.05) is 18.4 Å². The quantitative estimate of drug-likeness (QED) is 0.614. The lowest BCUT2D eigenvalue weighted by Gasteiger charge is -2.36. The van der Waals surface area contributed by atoms with Crippen molar-refractivity contribution in [2.75, 3.05) is 6.61 Å². The number of rotatable bonds is 6. The molecular formula is C12H24NO4PSSi. The molecule has 0 spiro atoms. The van der Waals surface area contributed by atoms with E-state index in [1.165, 1.54) is 11.3 Å². The molecule has 1 rings (SSSR count). The Morgan fingerprint density at radius 1 is 1.40 bits per heavy atom. The van der Waals surface area contributed by atoms with E-state index in [1.54, 1.807) is 5.38 Å². The third kappa shape index (κ3) is 5.75. The summed E-state index contributed by atoms with van der Waals surface area (Å²) in [5, 5.41) is 2.76. The van der Waals surface area contributed by atoms with Crippen LogP contribution in [-0.2, 0) is 21.6 Å². The summed E-state index contributed by atoms with van der Waals surface area (Å²) in [6.45, 7) is 11.6. The molecule has 0 aliphatic heterocycles. The van der Waals surface area contributed by atoms with Crippen molar-refractivity contribution in [2.45, 2.75) is 51.5 Å². The van der Waals surface area contributed by atoms with Crippen LogP contribution in [0.15, 0.2) is 5.38 Å². The van der Waals surface area contributed by atoms with E-state index in [1.807, 2.05) is 0 Å². The molecule has 1 aromatic rings. The molecule has 2 N–H and O–H groups in total. The molecule has 0 bridgehead atoms. The average molecular weight is 337 g/mol. The molecule has 0 unspecified atom stereocenters. The topological polar surface area (TPSA) is 79.7 Å². The summed E-state index contributed by atoms with van der Waals surface area (Å²) in [6, 6.07) is 0. The van der Waals surface area contributed by atoms with Crippen molar-refractivity contribution in [3.63, 3.8) is 0 Å². The van der Waals surface area contributed by atoms with Gasteiger partial charge in [0.15, 0.2) is 8.32 Å². The van der Waals surface area contributed by atoms with E-state index >= 15 is 0 Å². The smallest absolute Gasteiger partial charge is 0.331 e. The van der Waals surface area contributed by atoms with Crippen molar-refractivity contribution in [1.82, 2.24) is 4.98 Å². The summed E-state index contributed by atoms with van der Waals surface area (Å²) in [5.41, 5.74) is 0.464. The summed E-state index contributed by atoms with van der Waals surface area (Å²) in [7, 11) is -5.77. The zero-order chi connectivity index (χ0) is 15.6. The van der Waals surface area contributed by atoms with Gasteiger partial charge in [-0.1, -0.05) is 20.8 Å². The molecular weight excluding hydrogens is 313 g/mol. The Bertz CT molecular complexity index is 492. The van der Waals surface area contributed by atoms with E-state index < -0.39 is 15.9 Å². The van der Waals surface area contributed by atoms with E-state index in [0.29, 0.717) is 18.7 Å². The van der Waals surface area contributed by atoms with Gasteiger partial charge in [0.1, 0.15) is 0 Å². The van der Waals surface area contributed by atoms with Crippen LogP contribution in [-0.4, -0.2) is 29.7 Å². The van der Waals surface area contributed by atoms with Crippen molar-refractivity contribution < 1.29 is 18.8 Å². The van der Waals surface area contributed by atoms with Crippen LogP contribution in [0.25, 0.3) is 0 Å². The Morgan fingerprint density at radius 2 is 2.00 bits per heavy atom. The molecule has 0 aromatic carbocycles.